The van der Waals surface area contributed by atoms with Gasteiger partial charge in [-0.3, -0.25) is 0 Å². The third-order valence-corrected chi connectivity index (χ3v) is 4.90. The Morgan fingerprint density at radius 2 is 2.18 bits per heavy atom. The molecular weight excluding hydrogens is 230 g/mol. The summed E-state index contributed by atoms with van der Waals surface area (Å²) < 4.78 is 22.7. The first-order valence-corrected chi connectivity index (χ1v) is 5.58. The minimum atomic E-state index is -3.17. The standard InChI is InChI=1S/C6H6BrNO2S/c7-6-8-3-5(4-1-2-4)11(6,9)10/h3-4H,1-2H2. The molecule has 3 nitrogen and oxygen atoms in total. The molecule has 11 heavy (non-hydrogen) atoms. The van der Waals surface area contributed by atoms with E-state index in [9.17, 15) is 8.42 Å². The highest BCUT2D eigenvalue weighted by Gasteiger charge is 2.38. The van der Waals surface area contributed by atoms with Gasteiger partial charge in [-0.1, -0.05) is 0 Å². The van der Waals surface area contributed by atoms with Crippen molar-refractivity contribution in [3.8, 4) is 0 Å². The molecule has 1 saturated carbocycles. The van der Waals surface area contributed by atoms with Gasteiger partial charge in [-0.05, 0) is 34.7 Å². The van der Waals surface area contributed by atoms with Crippen LogP contribution in [0.15, 0.2) is 16.1 Å². The van der Waals surface area contributed by atoms with Gasteiger partial charge >= 0.3 is 0 Å². The lowest BCUT2D eigenvalue weighted by Gasteiger charge is -1.96. The van der Waals surface area contributed by atoms with E-state index in [1.54, 1.807) is 0 Å². The first-order chi connectivity index (χ1) is 5.12. The van der Waals surface area contributed by atoms with Gasteiger partial charge < -0.3 is 0 Å². The van der Waals surface area contributed by atoms with E-state index in [-0.39, 0.29) is 9.87 Å². The van der Waals surface area contributed by atoms with Crippen molar-refractivity contribution in [3.05, 3.63) is 11.1 Å². The molecule has 0 unspecified atom stereocenters. The molecule has 0 radical (unpaired) electrons. The van der Waals surface area contributed by atoms with Crippen LogP contribution in [0.5, 0.6) is 0 Å². The summed E-state index contributed by atoms with van der Waals surface area (Å²) in [6, 6.07) is 0. The predicted molar refractivity (Wildman–Crippen MR) is 46.1 cm³/mol. The Bertz CT molecular complexity index is 351. The number of sulfone groups is 1. The molecule has 0 N–H and O–H groups in total. The van der Waals surface area contributed by atoms with Gasteiger partial charge in [0.2, 0.25) is 13.8 Å². The van der Waals surface area contributed by atoms with Crippen molar-refractivity contribution >= 4 is 29.7 Å². The van der Waals surface area contributed by atoms with Gasteiger partial charge in [-0.2, -0.15) is 0 Å². The second kappa shape index (κ2) is 2.17. The molecule has 0 amide bonds. The monoisotopic (exact) mass is 235 g/mol. The Hall–Kier alpha value is -0.160. The summed E-state index contributed by atoms with van der Waals surface area (Å²) >= 11 is 2.91. The molecule has 1 aliphatic heterocycles. The Labute approximate surface area is 73.3 Å². The molecule has 2 aliphatic rings. The van der Waals surface area contributed by atoms with Crippen molar-refractivity contribution in [2.75, 3.05) is 0 Å². The minimum absolute atomic E-state index is 0.0619. The fourth-order valence-electron chi connectivity index (χ4n) is 1.04. The Kier molecular flexibility index (Phi) is 1.47. The molecule has 1 aliphatic carbocycles. The average Bonchev–Trinajstić information content (AvgIpc) is 2.67. The first kappa shape index (κ1) is 7.49. The van der Waals surface area contributed by atoms with E-state index in [1.165, 1.54) is 6.20 Å². The topological polar surface area (TPSA) is 46.5 Å². The van der Waals surface area contributed by atoms with Crippen LogP contribution < -0.4 is 0 Å². The molecule has 0 atom stereocenters. The molecule has 0 aromatic rings. The van der Waals surface area contributed by atoms with Crippen molar-refractivity contribution in [2.24, 2.45) is 10.9 Å². The molecule has 2 rings (SSSR count). The zero-order valence-electron chi connectivity index (χ0n) is 5.62. The second-order valence-corrected chi connectivity index (χ2v) is 5.83. The largest absolute Gasteiger partial charge is 0.236 e. The first-order valence-electron chi connectivity index (χ1n) is 3.31. The summed E-state index contributed by atoms with van der Waals surface area (Å²) in [5.74, 6) is 0.249. The summed E-state index contributed by atoms with van der Waals surface area (Å²) in [5.41, 5.74) is 0. The van der Waals surface area contributed by atoms with Crippen molar-refractivity contribution < 1.29 is 8.42 Å². The zero-order valence-corrected chi connectivity index (χ0v) is 8.02. The molecule has 0 bridgehead atoms. The Morgan fingerprint density at radius 3 is 2.55 bits per heavy atom. The number of rotatable bonds is 1. The Balaban J connectivity index is 2.42. The van der Waals surface area contributed by atoms with Gasteiger partial charge in [0.1, 0.15) is 0 Å². The average molecular weight is 236 g/mol. The van der Waals surface area contributed by atoms with Gasteiger partial charge in [0.05, 0.1) is 4.91 Å². The highest BCUT2D eigenvalue weighted by Crippen LogP contribution is 2.42. The van der Waals surface area contributed by atoms with Gasteiger partial charge in [-0.15, -0.1) is 0 Å². The molecule has 5 heteroatoms. The van der Waals surface area contributed by atoms with Crippen LogP contribution in [0.25, 0.3) is 0 Å². The van der Waals surface area contributed by atoms with Crippen molar-refractivity contribution in [2.45, 2.75) is 12.8 Å². The normalized spacial score (nSPS) is 28.1. The van der Waals surface area contributed by atoms with E-state index < -0.39 is 9.84 Å². The molecule has 1 fully saturated rings. The summed E-state index contributed by atoms with van der Waals surface area (Å²) in [6.07, 6.45) is 3.43. The molecule has 0 saturated heterocycles. The number of halogens is 1. The Morgan fingerprint density at radius 1 is 1.55 bits per heavy atom. The molecule has 60 valence electrons. The van der Waals surface area contributed by atoms with Gasteiger partial charge in [0.15, 0.2) is 0 Å². The highest BCUT2D eigenvalue weighted by atomic mass is 79.9. The summed E-state index contributed by atoms with van der Waals surface area (Å²) in [6.45, 7) is 0. The second-order valence-electron chi connectivity index (χ2n) is 2.69. The van der Waals surface area contributed by atoms with Crippen molar-refractivity contribution in [3.63, 3.8) is 0 Å². The van der Waals surface area contributed by atoms with Crippen LogP contribution in [0.1, 0.15) is 12.8 Å². The van der Waals surface area contributed by atoms with Crippen LogP contribution in [0.4, 0.5) is 0 Å². The van der Waals surface area contributed by atoms with E-state index in [2.05, 4.69) is 20.9 Å². The van der Waals surface area contributed by atoms with E-state index in [4.69, 9.17) is 0 Å². The SMILES string of the molecule is O=S1(=O)C(C2CC2)=CN=C1Br. The molecule has 0 aromatic carbocycles. The van der Waals surface area contributed by atoms with Crippen LogP contribution in [0, 0.1) is 5.92 Å². The smallest absolute Gasteiger partial charge is 0.228 e. The van der Waals surface area contributed by atoms with Crippen molar-refractivity contribution in [1.29, 1.82) is 0 Å². The molecular formula is C6H6BrNO2S. The quantitative estimate of drug-likeness (QED) is 0.691. The molecule has 1 heterocycles. The maximum Gasteiger partial charge on any atom is 0.228 e. The lowest BCUT2D eigenvalue weighted by atomic mass is 10.4. The number of hydrogen-bond acceptors (Lipinski definition) is 3. The van der Waals surface area contributed by atoms with E-state index >= 15 is 0 Å². The summed E-state index contributed by atoms with van der Waals surface area (Å²) in [5, 5.41) is 0. The maximum atomic E-state index is 11.3. The number of allylic oxidation sites excluding steroid dienone is 1. The van der Waals surface area contributed by atoms with E-state index in [1.807, 2.05) is 0 Å². The maximum absolute atomic E-state index is 11.3. The van der Waals surface area contributed by atoms with E-state index in [0.717, 1.165) is 12.8 Å². The van der Waals surface area contributed by atoms with E-state index in [0.29, 0.717) is 4.91 Å². The van der Waals surface area contributed by atoms with Crippen molar-refractivity contribution in [1.82, 2.24) is 0 Å². The summed E-state index contributed by atoms with van der Waals surface area (Å²) in [4.78, 5) is 4.21. The molecule has 0 aromatic heterocycles. The lowest BCUT2D eigenvalue weighted by molar-refractivity contribution is 0.611. The van der Waals surface area contributed by atoms with Crippen LogP contribution in [0.3, 0.4) is 0 Å². The fraction of sp³-hybridized carbons (Fsp3) is 0.500. The highest BCUT2D eigenvalue weighted by molar-refractivity contribution is 9.21. The van der Waals surface area contributed by atoms with Crippen LogP contribution >= 0.6 is 15.9 Å². The third kappa shape index (κ3) is 1.06. The minimum Gasteiger partial charge on any atom is -0.236 e. The summed E-state index contributed by atoms with van der Waals surface area (Å²) in [7, 11) is -3.17. The lowest BCUT2D eigenvalue weighted by Crippen LogP contribution is -2.07. The number of aliphatic imine (C=N–C) groups is 1. The number of nitrogens with zero attached hydrogens (tertiary/aromatic N) is 1. The van der Waals surface area contributed by atoms with Crippen LogP contribution in [-0.4, -0.2) is 12.4 Å². The third-order valence-electron chi connectivity index (χ3n) is 1.81. The van der Waals surface area contributed by atoms with Crippen LogP contribution in [-0.2, 0) is 9.84 Å². The predicted octanol–water partition coefficient (Wildman–Crippen LogP) is 1.42. The fourth-order valence-corrected chi connectivity index (χ4v) is 2.96. The zero-order chi connectivity index (χ0) is 8.06. The van der Waals surface area contributed by atoms with Gasteiger partial charge in [-0.25, -0.2) is 13.4 Å². The van der Waals surface area contributed by atoms with Gasteiger partial charge in [0, 0.05) is 6.20 Å². The number of hydrogen-bond donors (Lipinski definition) is 0. The van der Waals surface area contributed by atoms with Gasteiger partial charge in [0.25, 0.3) is 0 Å². The molecule has 0 spiro atoms. The van der Waals surface area contributed by atoms with Crippen LogP contribution in [0.2, 0.25) is 0 Å².